The van der Waals surface area contributed by atoms with Gasteiger partial charge in [-0.2, -0.15) is 0 Å². The largest absolute Gasteiger partial charge is 0.443 e. The van der Waals surface area contributed by atoms with Gasteiger partial charge in [0.15, 0.2) is 0 Å². The molecule has 0 bridgehead atoms. The van der Waals surface area contributed by atoms with Crippen molar-refractivity contribution in [2.24, 2.45) is 0 Å². The van der Waals surface area contributed by atoms with E-state index in [1.54, 1.807) is 6.08 Å². The Bertz CT molecular complexity index is 832. The molecule has 138 valence electrons. The molecule has 0 radical (unpaired) electrons. The first-order valence-electron chi connectivity index (χ1n) is 8.03. The van der Waals surface area contributed by atoms with Gasteiger partial charge in [-0.15, -0.1) is 6.58 Å². The lowest BCUT2D eigenvalue weighted by molar-refractivity contribution is 0.0584. The molecule has 26 heavy (non-hydrogen) atoms. The first-order valence-corrected chi connectivity index (χ1v) is 8.78. The highest BCUT2D eigenvalue weighted by molar-refractivity contribution is 6.33. The number of carbonyl (C=O) groups excluding carboxylic acids is 1. The van der Waals surface area contributed by atoms with Gasteiger partial charge in [-0.3, -0.25) is 4.90 Å². The number of amides is 1. The number of ether oxygens (including phenoxy) is 1. The number of hydrogen-bond donors (Lipinski definition) is 0. The van der Waals surface area contributed by atoms with E-state index in [-0.39, 0.29) is 5.28 Å². The molecular formula is C19H21Cl2N3O2. The van der Waals surface area contributed by atoms with Crippen LogP contribution in [0, 0.1) is 6.92 Å². The molecular weight excluding hydrogens is 373 g/mol. The van der Waals surface area contributed by atoms with Gasteiger partial charge < -0.3 is 4.74 Å². The van der Waals surface area contributed by atoms with Gasteiger partial charge in [0, 0.05) is 17.8 Å². The van der Waals surface area contributed by atoms with Gasteiger partial charge in [-0.1, -0.05) is 23.7 Å². The van der Waals surface area contributed by atoms with Crippen molar-refractivity contribution in [3.8, 4) is 11.3 Å². The number of nitrogens with zero attached hydrogens (tertiary/aromatic N) is 3. The Morgan fingerprint density at radius 1 is 1.35 bits per heavy atom. The van der Waals surface area contributed by atoms with Crippen LogP contribution in [0.25, 0.3) is 11.3 Å². The van der Waals surface area contributed by atoms with Crippen molar-refractivity contribution in [3.63, 3.8) is 0 Å². The number of carbonyl (C=O) groups is 1. The summed E-state index contributed by atoms with van der Waals surface area (Å²) in [6.07, 6.45) is 2.63. The normalized spacial score (nSPS) is 11.2. The molecule has 0 fully saturated rings. The van der Waals surface area contributed by atoms with Crippen LogP contribution in [-0.2, 0) is 4.74 Å². The fraction of sp³-hybridized carbons (Fsp3) is 0.316. The number of halogens is 2. The summed E-state index contributed by atoms with van der Waals surface area (Å²) in [5, 5.41) is 0.478. The molecule has 5 nitrogen and oxygen atoms in total. The topological polar surface area (TPSA) is 55.3 Å². The number of hydrogen-bond acceptors (Lipinski definition) is 4. The van der Waals surface area contributed by atoms with Crippen LogP contribution in [0.3, 0.4) is 0 Å². The number of aromatic nitrogens is 2. The van der Waals surface area contributed by atoms with E-state index in [0.29, 0.717) is 22.9 Å². The first-order chi connectivity index (χ1) is 12.1. The van der Waals surface area contributed by atoms with E-state index in [1.165, 1.54) is 11.1 Å². The average Bonchev–Trinajstić information content (AvgIpc) is 2.54. The molecule has 0 aliphatic heterocycles. The molecule has 1 heterocycles. The van der Waals surface area contributed by atoms with E-state index in [9.17, 15) is 4.79 Å². The SMILES string of the molecule is C=CCN(C(=O)OC(C)(C)C)c1ccc(C)c(-c2nc(Cl)ncc2Cl)c1. The number of anilines is 1. The molecule has 2 aromatic rings. The summed E-state index contributed by atoms with van der Waals surface area (Å²) in [7, 11) is 0. The highest BCUT2D eigenvalue weighted by atomic mass is 35.5. The zero-order valence-electron chi connectivity index (χ0n) is 15.2. The maximum Gasteiger partial charge on any atom is 0.415 e. The summed E-state index contributed by atoms with van der Waals surface area (Å²) in [5.74, 6) is 0. The molecule has 2 rings (SSSR count). The molecule has 0 saturated carbocycles. The van der Waals surface area contributed by atoms with Crippen molar-refractivity contribution in [3.05, 3.63) is 52.9 Å². The molecule has 0 aliphatic rings. The molecule has 1 aromatic heterocycles. The smallest absolute Gasteiger partial charge is 0.415 e. The third kappa shape index (κ3) is 4.96. The van der Waals surface area contributed by atoms with Crippen molar-refractivity contribution in [2.45, 2.75) is 33.3 Å². The fourth-order valence-corrected chi connectivity index (χ4v) is 2.63. The van der Waals surface area contributed by atoms with Crippen LogP contribution < -0.4 is 4.90 Å². The summed E-state index contributed by atoms with van der Waals surface area (Å²) in [6, 6.07) is 5.55. The molecule has 1 amide bonds. The number of benzene rings is 1. The summed E-state index contributed by atoms with van der Waals surface area (Å²) in [4.78, 5) is 22.2. The first kappa shape index (κ1) is 20.2. The van der Waals surface area contributed by atoms with Gasteiger partial charge in [-0.05, 0) is 57.0 Å². The highest BCUT2D eigenvalue weighted by Gasteiger charge is 2.23. The van der Waals surface area contributed by atoms with Crippen LogP contribution in [0.15, 0.2) is 37.1 Å². The van der Waals surface area contributed by atoms with Crippen molar-refractivity contribution in [1.29, 1.82) is 0 Å². The van der Waals surface area contributed by atoms with Crippen LogP contribution in [0.5, 0.6) is 0 Å². The van der Waals surface area contributed by atoms with Crippen LogP contribution >= 0.6 is 23.2 Å². The van der Waals surface area contributed by atoms with Gasteiger partial charge in [0.25, 0.3) is 0 Å². The zero-order valence-corrected chi connectivity index (χ0v) is 16.7. The molecule has 0 saturated heterocycles. The summed E-state index contributed by atoms with van der Waals surface area (Å²) in [6.45, 7) is 11.4. The standard InChI is InChI=1S/C19H21Cl2N3O2/c1-6-9-24(18(25)26-19(3,4)5)13-8-7-12(2)14(10-13)16-15(20)11-22-17(21)23-16/h6-8,10-11H,1,9H2,2-5H3. The second-order valence-corrected chi connectivity index (χ2v) is 7.46. The van der Waals surface area contributed by atoms with Crippen LogP contribution in [0.2, 0.25) is 10.3 Å². The molecule has 1 aromatic carbocycles. The molecule has 0 atom stereocenters. The van der Waals surface area contributed by atoms with Crippen LogP contribution in [0.1, 0.15) is 26.3 Å². The molecule has 0 unspecified atom stereocenters. The Labute approximate surface area is 163 Å². The van der Waals surface area contributed by atoms with E-state index in [1.807, 2.05) is 45.9 Å². The average molecular weight is 394 g/mol. The summed E-state index contributed by atoms with van der Waals surface area (Å²) in [5.41, 5.74) is 2.25. The quantitative estimate of drug-likeness (QED) is 0.494. The minimum absolute atomic E-state index is 0.101. The second-order valence-electron chi connectivity index (χ2n) is 6.71. The van der Waals surface area contributed by atoms with Crippen molar-refractivity contribution >= 4 is 35.0 Å². The lowest BCUT2D eigenvalue weighted by atomic mass is 10.0. The van der Waals surface area contributed by atoms with Gasteiger partial charge in [0.05, 0.1) is 16.9 Å². The summed E-state index contributed by atoms with van der Waals surface area (Å²) < 4.78 is 5.49. The molecule has 7 heteroatoms. The predicted molar refractivity (Wildman–Crippen MR) is 106 cm³/mol. The minimum Gasteiger partial charge on any atom is -0.443 e. The third-order valence-electron chi connectivity index (χ3n) is 3.43. The van der Waals surface area contributed by atoms with Gasteiger partial charge >= 0.3 is 6.09 Å². The van der Waals surface area contributed by atoms with E-state index in [2.05, 4.69) is 16.5 Å². The molecule has 0 N–H and O–H groups in total. The van der Waals surface area contributed by atoms with E-state index in [4.69, 9.17) is 27.9 Å². The van der Waals surface area contributed by atoms with Crippen molar-refractivity contribution in [1.82, 2.24) is 9.97 Å². The lowest BCUT2D eigenvalue weighted by Gasteiger charge is -2.27. The fourth-order valence-electron chi connectivity index (χ4n) is 2.30. The monoisotopic (exact) mass is 393 g/mol. The Morgan fingerprint density at radius 2 is 2.04 bits per heavy atom. The van der Waals surface area contributed by atoms with Gasteiger partial charge in [0.1, 0.15) is 5.60 Å². The maximum absolute atomic E-state index is 12.6. The lowest BCUT2D eigenvalue weighted by Crippen LogP contribution is -2.37. The van der Waals surface area contributed by atoms with E-state index < -0.39 is 11.7 Å². The molecule has 0 aliphatic carbocycles. The van der Waals surface area contributed by atoms with Gasteiger partial charge in [0.2, 0.25) is 5.28 Å². The highest BCUT2D eigenvalue weighted by Crippen LogP contribution is 2.32. The number of aryl methyl sites for hydroxylation is 1. The molecule has 0 spiro atoms. The third-order valence-corrected chi connectivity index (χ3v) is 3.89. The van der Waals surface area contributed by atoms with Crippen molar-refractivity contribution < 1.29 is 9.53 Å². The van der Waals surface area contributed by atoms with Gasteiger partial charge in [-0.25, -0.2) is 14.8 Å². The predicted octanol–water partition coefficient (Wildman–Crippen LogP) is 5.69. The Kier molecular flexibility index (Phi) is 6.26. The maximum atomic E-state index is 12.6. The Hall–Kier alpha value is -2.11. The van der Waals surface area contributed by atoms with Crippen LogP contribution in [-0.4, -0.2) is 28.2 Å². The zero-order chi connectivity index (χ0) is 19.5. The van der Waals surface area contributed by atoms with Crippen molar-refractivity contribution in [2.75, 3.05) is 11.4 Å². The second kappa shape index (κ2) is 8.06. The Morgan fingerprint density at radius 3 is 2.65 bits per heavy atom. The summed E-state index contributed by atoms with van der Waals surface area (Å²) >= 11 is 12.2. The number of rotatable bonds is 4. The minimum atomic E-state index is -0.604. The van der Waals surface area contributed by atoms with E-state index >= 15 is 0 Å². The van der Waals surface area contributed by atoms with Crippen LogP contribution in [0.4, 0.5) is 10.5 Å². The Balaban J connectivity index is 2.50. The van der Waals surface area contributed by atoms with E-state index in [0.717, 1.165) is 11.1 Å².